The quantitative estimate of drug-likeness (QED) is 0.130. The van der Waals surface area contributed by atoms with E-state index in [1.165, 1.54) is 89.9 Å². The van der Waals surface area contributed by atoms with E-state index in [4.69, 9.17) is 15.5 Å². The van der Waals surface area contributed by atoms with Gasteiger partial charge in [0.25, 0.3) is 0 Å². The van der Waals surface area contributed by atoms with Gasteiger partial charge < -0.3 is 5.73 Å². The minimum absolute atomic E-state index is 0.495. The summed E-state index contributed by atoms with van der Waals surface area (Å²) in [4.78, 5) is 9.89. The summed E-state index contributed by atoms with van der Waals surface area (Å²) in [6.07, 6.45) is 22.3. The van der Waals surface area contributed by atoms with Gasteiger partial charge in [-0.2, -0.15) is 0 Å². The summed E-state index contributed by atoms with van der Waals surface area (Å²) in [5, 5.41) is 0. The van der Waals surface area contributed by atoms with E-state index in [0.29, 0.717) is 19.8 Å². The highest BCUT2D eigenvalue weighted by atomic mass is 17.2. The Morgan fingerprint density at radius 1 is 0.565 bits per heavy atom. The maximum absolute atomic E-state index is 5.30. The van der Waals surface area contributed by atoms with Gasteiger partial charge in [0.1, 0.15) is 0 Å². The van der Waals surface area contributed by atoms with E-state index in [1.807, 2.05) is 6.08 Å². The van der Waals surface area contributed by atoms with Crippen LogP contribution >= 0.6 is 0 Å². The van der Waals surface area contributed by atoms with Crippen LogP contribution in [0.1, 0.15) is 96.3 Å². The lowest BCUT2D eigenvalue weighted by molar-refractivity contribution is -0.292. The lowest BCUT2D eigenvalue weighted by atomic mass is 10.0. The summed E-state index contributed by atoms with van der Waals surface area (Å²) in [5.41, 5.74) is 5.30. The van der Waals surface area contributed by atoms with E-state index < -0.39 is 0 Å². The molecule has 0 aromatic heterocycles. The minimum atomic E-state index is 0.495. The summed E-state index contributed by atoms with van der Waals surface area (Å²) >= 11 is 0. The van der Waals surface area contributed by atoms with Gasteiger partial charge in [-0.3, -0.25) is 0 Å². The molecule has 0 aromatic rings. The Kier molecular flexibility index (Phi) is 21.3. The van der Waals surface area contributed by atoms with Crippen LogP contribution in [-0.4, -0.2) is 19.8 Å². The lowest BCUT2D eigenvalue weighted by Crippen LogP contribution is -2.09. The number of nitrogens with two attached hydrogens (primary N) is 1. The number of unbranched alkanes of at least 4 members (excludes halogenated alkanes) is 14. The van der Waals surface area contributed by atoms with Crippen LogP contribution in [0.5, 0.6) is 0 Å². The normalized spacial score (nSPS) is 11.0. The molecule has 0 saturated carbocycles. The molecule has 0 aliphatic rings. The first-order valence-corrected chi connectivity index (χ1v) is 9.97. The van der Waals surface area contributed by atoms with Gasteiger partial charge in [-0.15, -0.1) is 6.58 Å². The van der Waals surface area contributed by atoms with Crippen molar-refractivity contribution in [3.8, 4) is 0 Å². The van der Waals surface area contributed by atoms with Gasteiger partial charge in [0, 0.05) is 6.54 Å². The molecule has 0 unspecified atom stereocenters. The molecule has 3 nitrogen and oxygen atoms in total. The summed E-state index contributed by atoms with van der Waals surface area (Å²) < 4.78 is 0. The fourth-order valence-electron chi connectivity index (χ4n) is 2.74. The predicted molar refractivity (Wildman–Crippen MR) is 100 cm³/mol. The molecule has 0 aliphatic carbocycles. The van der Waals surface area contributed by atoms with Gasteiger partial charge in [0.05, 0.1) is 13.2 Å². The number of allylic oxidation sites excluding steroid dienone is 1. The van der Waals surface area contributed by atoms with Crippen molar-refractivity contribution in [3.63, 3.8) is 0 Å². The molecular formula is C20H41NO2. The number of rotatable bonds is 20. The molecule has 138 valence electrons. The lowest BCUT2D eigenvalue weighted by Gasteiger charge is -2.04. The van der Waals surface area contributed by atoms with Crippen molar-refractivity contribution in [2.45, 2.75) is 96.3 Å². The second-order valence-corrected chi connectivity index (χ2v) is 6.46. The molecule has 0 heterocycles. The van der Waals surface area contributed by atoms with Crippen molar-refractivity contribution >= 4 is 0 Å². The Morgan fingerprint density at radius 2 is 0.957 bits per heavy atom. The van der Waals surface area contributed by atoms with Crippen molar-refractivity contribution in [1.29, 1.82) is 0 Å². The Balaban J connectivity index is 2.93. The molecule has 0 aromatic carbocycles. The molecule has 0 aliphatic heterocycles. The van der Waals surface area contributed by atoms with E-state index in [2.05, 4.69) is 6.58 Å². The number of hydrogen-bond acceptors (Lipinski definition) is 3. The molecule has 0 amide bonds. The van der Waals surface area contributed by atoms with Gasteiger partial charge in [-0.1, -0.05) is 83.1 Å². The Labute approximate surface area is 144 Å². The fraction of sp³-hybridized carbons (Fsp3) is 0.900. The fourth-order valence-corrected chi connectivity index (χ4v) is 2.74. The molecular weight excluding hydrogens is 286 g/mol. The SMILES string of the molecule is C=CCCCCCCCCCCCCCCCCOOCCN. The summed E-state index contributed by atoms with van der Waals surface area (Å²) in [6.45, 7) is 5.48. The third-order valence-electron chi connectivity index (χ3n) is 4.17. The first kappa shape index (κ1) is 22.6. The average Bonchev–Trinajstić information content (AvgIpc) is 2.57. The monoisotopic (exact) mass is 327 g/mol. The molecule has 3 heteroatoms. The van der Waals surface area contributed by atoms with Crippen LogP contribution in [0.15, 0.2) is 12.7 Å². The van der Waals surface area contributed by atoms with Crippen molar-refractivity contribution in [3.05, 3.63) is 12.7 Å². The van der Waals surface area contributed by atoms with Gasteiger partial charge in [0.2, 0.25) is 0 Å². The first-order chi connectivity index (χ1) is 11.4. The van der Waals surface area contributed by atoms with E-state index >= 15 is 0 Å². The van der Waals surface area contributed by atoms with Crippen LogP contribution in [0.25, 0.3) is 0 Å². The summed E-state index contributed by atoms with van der Waals surface area (Å²) in [6, 6.07) is 0. The molecule has 0 atom stereocenters. The third-order valence-corrected chi connectivity index (χ3v) is 4.17. The molecule has 0 rings (SSSR count). The first-order valence-electron chi connectivity index (χ1n) is 9.97. The standard InChI is InChI=1S/C20H41NO2/c1-2-3-4-5-6-7-8-9-10-11-12-13-14-15-16-17-19-22-23-20-18-21/h2H,1,3-21H2. The van der Waals surface area contributed by atoms with Crippen LogP contribution < -0.4 is 5.73 Å². The Bertz CT molecular complexity index is 222. The predicted octanol–water partition coefficient (Wildman–Crippen LogP) is 5.93. The molecule has 23 heavy (non-hydrogen) atoms. The van der Waals surface area contributed by atoms with Gasteiger partial charge >= 0.3 is 0 Å². The van der Waals surface area contributed by atoms with Crippen LogP contribution in [-0.2, 0) is 9.78 Å². The van der Waals surface area contributed by atoms with E-state index in [9.17, 15) is 0 Å². The Hall–Kier alpha value is -0.380. The number of hydrogen-bond donors (Lipinski definition) is 1. The highest BCUT2D eigenvalue weighted by Gasteiger charge is 1.95. The molecule has 0 fully saturated rings. The van der Waals surface area contributed by atoms with E-state index in [-0.39, 0.29) is 0 Å². The van der Waals surface area contributed by atoms with Gasteiger partial charge in [0.15, 0.2) is 0 Å². The zero-order valence-corrected chi connectivity index (χ0v) is 15.4. The molecule has 0 spiro atoms. The van der Waals surface area contributed by atoms with Crippen LogP contribution in [0.3, 0.4) is 0 Å². The minimum Gasteiger partial charge on any atom is -0.328 e. The maximum atomic E-state index is 5.30. The highest BCUT2D eigenvalue weighted by Crippen LogP contribution is 2.13. The highest BCUT2D eigenvalue weighted by molar-refractivity contribution is 4.65. The average molecular weight is 328 g/mol. The smallest absolute Gasteiger partial charge is 0.0944 e. The van der Waals surface area contributed by atoms with Crippen LogP contribution in [0.4, 0.5) is 0 Å². The third kappa shape index (κ3) is 21.6. The van der Waals surface area contributed by atoms with Gasteiger partial charge in [-0.05, 0) is 19.3 Å². The molecule has 0 saturated heterocycles. The zero-order chi connectivity index (χ0) is 16.8. The topological polar surface area (TPSA) is 44.5 Å². The van der Waals surface area contributed by atoms with Crippen molar-refractivity contribution < 1.29 is 9.78 Å². The zero-order valence-electron chi connectivity index (χ0n) is 15.4. The molecule has 2 N–H and O–H groups in total. The van der Waals surface area contributed by atoms with Crippen molar-refractivity contribution in [2.24, 2.45) is 5.73 Å². The van der Waals surface area contributed by atoms with E-state index in [1.54, 1.807) is 0 Å². The van der Waals surface area contributed by atoms with E-state index in [0.717, 1.165) is 6.42 Å². The molecule has 0 bridgehead atoms. The van der Waals surface area contributed by atoms with Crippen molar-refractivity contribution in [1.82, 2.24) is 0 Å². The van der Waals surface area contributed by atoms with Crippen LogP contribution in [0.2, 0.25) is 0 Å². The molecule has 0 radical (unpaired) electrons. The van der Waals surface area contributed by atoms with Crippen molar-refractivity contribution in [2.75, 3.05) is 19.8 Å². The Morgan fingerprint density at radius 3 is 1.39 bits per heavy atom. The second kappa shape index (κ2) is 21.6. The summed E-state index contributed by atoms with van der Waals surface area (Å²) in [5.74, 6) is 0. The summed E-state index contributed by atoms with van der Waals surface area (Å²) in [7, 11) is 0. The largest absolute Gasteiger partial charge is 0.328 e. The van der Waals surface area contributed by atoms with Crippen LogP contribution in [0, 0.1) is 0 Å². The second-order valence-electron chi connectivity index (χ2n) is 6.46. The van der Waals surface area contributed by atoms with Gasteiger partial charge in [-0.25, -0.2) is 9.78 Å². The maximum Gasteiger partial charge on any atom is 0.0944 e.